The molecule has 0 radical (unpaired) electrons. The van der Waals surface area contributed by atoms with E-state index >= 15 is 0 Å². The lowest BCUT2D eigenvalue weighted by Gasteiger charge is -2.20. The number of hydrogen-bond acceptors (Lipinski definition) is 3. The Labute approximate surface area is 107 Å². The third kappa shape index (κ3) is 2.01. The number of hydrogen-bond donors (Lipinski definition) is 1. The molecular weight excluding hydrogens is 286 g/mol. The van der Waals surface area contributed by atoms with E-state index in [2.05, 4.69) is 33.4 Å². The van der Waals surface area contributed by atoms with Gasteiger partial charge in [0.2, 0.25) is 0 Å². The smallest absolute Gasteiger partial charge is 0.134 e. The second-order valence-corrected chi connectivity index (χ2v) is 5.98. The summed E-state index contributed by atoms with van der Waals surface area (Å²) in [6.07, 6.45) is 0. The Balaban J connectivity index is 1.97. The monoisotopic (exact) mass is 297 g/mol. The van der Waals surface area contributed by atoms with Gasteiger partial charge >= 0.3 is 0 Å². The molecule has 3 rings (SSSR count). The molecule has 16 heavy (non-hydrogen) atoms. The second-order valence-electron chi connectivity index (χ2n) is 3.91. The Kier molecular flexibility index (Phi) is 2.96. The van der Waals surface area contributed by atoms with Gasteiger partial charge in [-0.15, -0.1) is 0 Å². The van der Waals surface area contributed by atoms with Gasteiger partial charge in [-0.3, -0.25) is 0 Å². The van der Waals surface area contributed by atoms with Crippen molar-refractivity contribution in [2.45, 2.75) is 6.04 Å². The summed E-state index contributed by atoms with van der Waals surface area (Å²) in [6, 6.07) is 8.63. The topological polar surface area (TPSA) is 25.2 Å². The molecule has 0 saturated carbocycles. The minimum absolute atomic E-state index is 0.366. The molecular formula is C12H12BrNOS. The van der Waals surface area contributed by atoms with Gasteiger partial charge in [-0.2, -0.15) is 11.8 Å². The summed E-state index contributed by atoms with van der Waals surface area (Å²) < 4.78 is 6.96. The van der Waals surface area contributed by atoms with Crippen LogP contribution in [0.15, 0.2) is 33.2 Å². The highest BCUT2D eigenvalue weighted by atomic mass is 79.9. The standard InChI is InChI=1S/C12H12BrNOS/c13-9-1-2-11-8(5-9)6-12(15-11)10-7-16-4-3-14-10/h1-2,5-6,10,14H,3-4,7H2. The fourth-order valence-electron chi connectivity index (χ4n) is 1.95. The molecule has 1 fully saturated rings. The zero-order valence-corrected chi connectivity index (χ0v) is 11.1. The molecule has 2 nitrogen and oxygen atoms in total. The number of nitrogens with one attached hydrogen (secondary N) is 1. The van der Waals surface area contributed by atoms with Crippen LogP contribution in [0.1, 0.15) is 11.8 Å². The van der Waals surface area contributed by atoms with Gasteiger partial charge in [-0.25, -0.2) is 0 Å². The molecule has 0 bridgehead atoms. The Morgan fingerprint density at radius 2 is 2.31 bits per heavy atom. The highest BCUT2D eigenvalue weighted by Crippen LogP contribution is 2.29. The van der Waals surface area contributed by atoms with Crippen molar-refractivity contribution in [3.63, 3.8) is 0 Å². The first-order chi connectivity index (χ1) is 7.83. The molecule has 1 saturated heterocycles. The summed E-state index contributed by atoms with van der Waals surface area (Å²) >= 11 is 5.46. The van der Waals surface area contributed by atoms with Crippen LogP contribution in [0.2, 0.25) is 0 Å². The molecule has 2 heterocycles. The van der Waals surface area contributed by atoms with Crippen LogP contribution in [0.4, 0.5) is 0 Å². The van der Waals surface area contributed by atoms with Crippen LogP contribution < -0.4 is 5.32 Å². The van der Waals surface area contributed by atoms with Gasteiger partial charge in [-0.05, 0) is 24.3 Å². The Morgan fingerprint density at radius 3 is 3.12 bits per heavy atom. The molecule has 1 aromatic carbocycles. The van der Waals surface area contributed by atoms with E-state index in [0.717, 1.165) is 28.1 Å². The maximum Gasteiger partial charge on any atom is 0.134 e. The summed E-state index contributed by atoms with van der Waals surface area (Å²) in [4.78, 5) is 0. The molecule has 1 unspecified atom stereocenters. The molecule has 1 atom stereocenters. The average molecular weight is 298 g/mol. The normalized spacial score (nSPS) is 21.4. The van der Waals surface area contributed by atoms with E-state index in [-0.39, 0.29) is 0 Å². The lowest BCUT2D eigenvalue weighted by molar-refractivity contribution is 0.459. The van der Waals surface area contributed by atoms with E-state index in [1.807, 2.05) is 23.9 Å². The second kappa shape index (κ2) is 4.43. The van der Waals surface area contributed by atoms with Crippen molar-refractivity contribution in [1.29, 1.82) is 0 Å². The van der Waals surface area contributed by atoms with Gasteiger partial charge in [0.15, 0.2) is 0 Å². The Morgan fingerprint density at radius 1 is 1.38 bits per heavy atom. The van der Waals surface area contributed by atoms with Crippen molar-refractivity contribution in [1.82, 2.24) is 5.32 Å². The van der Waals surface area contributed by atoms with Gasteiger partial charge in [-0.1, -0.05) is 15.9 Å². The first kappa shape index (κ1) is 10.7. The van der Waals surface area contributed by atoms with E-state index in [9.17, 15) is 0 Å². The average Bonchev–Trinajstić information content (AvgIpc) is 2.73. The van der Waals surface area contributed by atoms with E-state index in [1.165, 1.54) is 11.1 Å². The van der Waals surface area contributed by atoms with E-state index in [0.29, 0.717) is 6.04 Å². The van der Waals surface area contributed by atoms with Crippen molar-refractivity contribution in [3.8, 4) is 0 Å². The summed E-state index contributed by atoms with van der Waals surface area (Å²) in [6.45, 7) is 1.07. The molecule has 4 heteroatoms. The minimum Gasteiger partial charge on any atom is -0.459 e. The maximum atomic E-state index is 5.87. The van der Waals surface area contributed by atoms with Gasteiger partial charge in [0.05, 0.1) is 6.04 Å². The molecule has 0 amide bonds. The number of rotatable bonds is 1. The van der Waals surface area contributed by atoms with Crippen LogP contribution in [0.5, 0.6) is 0 Å². The Hall–Kier alpha value is -0.450. The fraction of sp³-hybridized carbons (Fsp3) is 0.333. The number of furan rings is 1. The van der Waals surface area contributed by atoms with Crippen molar-refractivity contribution < 1.29 is 4.42 Å². The zero-order valence-electron chi connectivity index (χ0n) is 8.70. The lowest BCUT2D eigenvalue weighted by Crippen LogP contribution is -2.29. The number of halogens is 1. The van der Waals surface area contributed by atoms with Crippen LogP contribution in [0.25, 0.3) is 11.0 Å². The van der Waals surface area contributed by atoms with E-state index in [1.54, 1.807) is 0 Å². The number of benzene rings is 1. The van der Waals surface area contributed by atoms with Gasteiger partial charge in [0, 0.05) is 27.9 Å². The van der Waals surface area contributed by atoms with Crippen molar-refractivity contribution in [2.75, 3.05) is 18.1 Å². The highest BCUT2D eigenvalue weighted by molar-refractivity contribution is 9.10. The zero-order chi connectivity index (χ0) is 11.0. The third-order valence-electron chi connectivity index (χ3n) is 2.76. The fourth-order valence-corrected chi connectivity index (χ4v) is 3.28. The van der Waals surface area contributed by atoms with Gasteiger partial charge in [0.1, 0.15) is 11.3 Å². The Bertz CT molecular complexity index is 505. The van der Waals surface area contributed by atoms with Crippen LogP contribution in [-0.2, 0) is 0 Å². The lowest BCUT2D eigenvalue weighted by atomic mass is 10.2. The third-order valence-corrected chi connectivity index (χ3v) is 4.32. The molecule has 1 aliphatic rings. The predicted molar refractivity (Wildman–Crippen MR) is 72.0 cm³/mol. The molecule has 84 valence electrons. The molecule has 0 aliphatic carbocycles. The maximum absolute atomic E-state index is 5.87. The van der Waals surface area contributed by atoms with Crippen molar-refractivity contribution >= 4 is 38.7 Å². The van der Waals surface area contributed by atoms with Crippen LogP contribution in [0.3, 0.4) is 0 Å². The first-order valence-corrected chi connectivity index (χ1v) is 7.28. The highest BCUT2D eigenvalue weighted by Gasteiger charge is 2.18. The summed E-state index contributed by atoms with van der Waals surface area (Å²) in [7, 11) is 0. The molecule has 1 N–H and O–H groups in total. The van der Waals surface area contributed by atoms with Gasteiger partial charge < -0.3 is 9.73 Å². The van der Waals surface area contributed by atoms with Crippen LogP contribution >= 0.6 is 27.7 Å². The molecule has 0 spiro atoms. The largest absolute Gasteiger partial charge is 0.459 e. The van der Waals surface area contributed by atoms with Crippen molar-refractivity contribution in [3.05, 3.63) is 34.5 Å². The minimum atomic E-state index is 0.366. The molecule has 2 aromatic rings. The summed E-state index contributed by atoms with van der Waals surface area (Å²) in [5.74, 6) is 3.35. The quantitative estimate of drug-likeness (QED) is 0.871. The van der Waals surface area contributed by atoms with Crippen LogP contribution in [-0.4, -0.2) is 18.1 Å². The molecule has 1 aliphatic heterocycles. The first-order valence-electron chi connectivity index (χ1n) is 5.33. The van der Waals surface area contributed by atoms with Gasteiger partial charge in [0.25, 0.3) is 0 Å². The van der Waals surface area contributed by atoms with Crippen LogP contribution in [0, 0.1) is 0 Å². The van der Waals surface area contributed by atoms with Crippen molar-refractivity contribution in [2.24, 2.45) is 0 Å². The number of fused-ring (bicyclic) bond motifs is 1. The number of thioether (sulfide) groups is 1. The SMILES string of the molecule is Brc1ccc2oc(C3CSCCN3)cc2c1. The summed E-state index contributed by atoms with van der Waals surface area (Å²) in [5, 5.41) is 4.65. The van der Waals surface area contributed by atoms with E-state index in [4.69, 9.17) is 4.42 Å². The summed E-state index contributed by atoms with van der Waals surface area (Å²) in [5.41, 5.74) is 0.968. The van der Waals surface area contributed by atoms with E-state index < -0.39 is 0 Å². The molecule has 1 aromatic heterocycles. The predicted octanol–water partition coefficient (Wildman–Crippen LogP) is 3.57.